The van der Waals surface area contributed by atoms with E-state index in [4.69, 9.17) is 5.73 Å². The summed E-state index contributed by atoms with van der Waals surface area (Å²) >= 11 is 0. The molecule has 2 aromatic rings. The monoisotopic (exact) mass is 361 g/mol. The minimum Gasteiger partial charge on any atom is -0.348 e. The molecule has 2 unspecified atom stereocenters. The van der Waals surface area contributed by atoms with E-state index in [0.29, 0.717) is 0 Å². The molecular formula is C18H23N3O3S. The van der Waals surface area contributed by atoms with Gasteiger partial charge in [-0.1, -0.05) is 42.5 Å². The Hall–Kier alpha value is -2.22. The van der Waals surface area contributed by atoms with Crippen molar-refractivity contribution in [3.8, 4) is 0 Å². The molecule has 0 saturated heterocycles. The summed E-state index contributed by atoms with van der Waals surface area (Å²) in [5, 5.41) is 2.88. The zero-order chi connectivity index (χ0) is 18.7. The first-order valence-electron chi connectivity index (χ1n) is 7.87. The lowest BCUT2D eigenvalue weighted by molar-refractivity contribution is -0.126. The van der Waals surface area contributed by atoms with E-state index in [1.54, 1.807) is 19.1 Å². The van der Waals surface area contributed by atoms with Crippen molar-refractivity contribution in [3.05, 3.63) is 65.7 Å². The zero-order valence-corrected chi connectivity index (χ0v) is 15.3. The van der Waals surface area contributed by atoms with Crippen molar-refractivity contribution in [2.45, 2.75) is 30.3 Å². The lowest BCUT2D eigenvalue weighted by Gasteiger charge is -2.26. The number of hydrogen-bond acceptors (Lipinski definition) is 4. The van der Waals surface area contributed by atoms with Gasteiger partial charge in [-0.2, -0.15) is 0 Å². The Morgan fingerprint density at radius 2 is 1.64 bits per heavy atom. The Balaban J connectivity index is 2.14. The highest BCUT2D eigenvalue weighted by Crippen LogP contribution is 2.21. The highest BCUT2D eigenvalue weighted by atomic mass is 32.2. The summed E-state index contributed by atoms with van der Waals surface area (Å²) in [6.45, 7) is 3.48. The van der Waals surface area contributed by atoms with Gasteiger partial charge in [0.1, 0.15) is 5.54 Å². The molecule has 1 amide bonds. The molecule has 0 aliphatic heterocycles. The number of carbonyl (C=O) groups is 1. The SMILES string of the molecule is CNS(=O)(=O)c1ccc(C(C)NC(=O)C(C)(N)c2ccccc2)cc1. The molecule has 0 radical (unpaired) electrons. The van der Waals surface area contributed by atoms with E-state index < -0.39 is 15.6 Å². The van der Waals surface area contributed by atoms with Crippen LogP contribution in [0.2, 0.25) is 0 Å². The van der Waals surface area contributed by atoms with Crippen LogP contribution in [0.4, 0.5) is 0 Å². The van der Waals surface area contributed by atoms with Crippen LogP contribution in [0.1, 0.15) is 31.0 Å². The maximum Gasteiger partial charge on any atom is 0.244 e. The fourth-order valence-corrected chi connectivity index (χ4v) is 3.13. The standard InChI is InChI=1S/C18H23N3O3S/c1-13(14-9-11-16(12-10-14)25(23,24)20-3)21-17(22)18(2,19)15-7-5-4-6-8-15/h4-13,20H,19H2,1-3H3,(H,21,22). The van der Waals surface area contributed by atoms with Crippen molar-refractivity contribution in [2.24, 2.45) is 5.73 Å². The van der Waals surface area contributed by atoms with Gasteiger partial charge in [0.15, 0.2) is 0 Å². The molecule has 134 valence electrons. The third-order valence-electron chi connectivity index (χ3n) is 4.15. The van der Waals surface area contributed by atoms with Crippen LogP contribution in [-0.4, -0.2) is 21.4 Å². The molecule has 0 heterocycles. The molecule has 0 aliphatic carbocycles. The minimum atomic E-state index is -3.48. The molecule has 6 nitrogen and oxygen atoms in total. The molecule has 4 N–H and O–H groups in total. The third kappa shape index (κ3) is 4.25. The molecule has 2 rings (SSSR count). The van der Waals surface area contributed by atoms with Crippen LogP contribution >= 0.6 is 0 Å². The highest BCUT2D eigenvalue weighted by molar-refractivity contribution is 7.89. The Labute approximate surface area is 148 Å². The molecule has 0 fully saturated rings. The largest absolute Gasteiger partial charge is 0.348 e. The maximum atomic E-state index is 12.6. The molecule has 0 aliphatic rings. The number of benzene rings is 2. The summed E-state index contributed by atoms with van der Waals surface area (Å²) in [6.07, 6.45) is 0. The number of amides is 1. The Morgan fingerprint density at radius 3 is 2.16 bits per heavy atom. The number of nitrogens with one attached hydrogen (secondary N) is 2. The molecule has 0 bridgehead atoms. The van der Waals surface area contributed by atoms with Gasteiger partial charge in [0.25, 0.3) is 0 Å². The highest BCUT2D eigenvalue weighted by Gasteiger charge is 2.31. The van der Waals surface area contributed by atoms with Crippen LogP contribution in [0.25, 0.3) is 0 Å². The van der Waals surface area contributed by atoms with Crippen molar-refractivity contribution in [1.29, 1.82) is 0 Å². The first-order chi connectivity index (χ1) is 11.7. The lowest BCUT2D eigenvalue weighted by atomic mass is 9.91. The van der Waals surface area contributed by atoms with Crippen LogP contribution < -0.4 is 15.8 Å². The molecule has 0 aromatic heterocycles. The smallest absolute Gasteiger partial charge is 0.244 e. The third-order valence-corrected chi connectivity index (χ3v) is 5.58. The van der Waals surface area contributed by atoms with Crippen molar-refractivity contribution >= 4 is 15.9 Å². The zero-order valence-electron chi connectivity index (χ0n) is 14.5. The summed E-state index contributed by atoms with van der Waals surface area (Å²) in [6, 6.07) is 15.2. The molecule has 7 heteroatoms. The predicted molar refractivity (Wildman–Crippen MR) is 97.2 cm³/mol. The summed E-state index contributed by atoms with van der Waals surface area (Å²) < 4.78 is 25.8. The van der Waals surface area contributed by atoms with Crippen LogP contribution in [-0.2, 0) is 20.4 Å². The van der Waals surface area contributed by atoms with Crippen molar-refractivity contribution in [3.63, 3.8) is 0 Å². The maximum absolute atomic E-state index is 12.6. The van der Waals surface area contributed by atoms with Crippen LogP contribution in [0.15, 0.2) is 59.5 Å². The summed E-state index contributed by atoms with van der Waals surface area (Å²) in [5.74, 6) is -0.307. The number of carbonyl (C=O) groups excluding carboxylic acids is 1. The first-order valence-corrected chi connectivity index (χ1v) is 9.35. The second kappa shape index (κ2) is 7.35. The second-order valence-electron chi connectivity index (χ2n) is 6.04. The molecule has 2 aromatic carbocycles. The van der Waals surface area contributed by atoms with Gasteiger partial charge >= 0.3 is 0 Å². The second-order valence-corrected chi connectivity index (χ2v) is 7.93. The van der Waals surface area contributed by atoms with Crippen molar-refractivity contribution in [1.82, 2.24) is 10.0 Å². The fraction of sp³-hybridized carbons (Fsp3) is 0.278. The van der Waals surface area contributed by atoms with Crippen LogP contribution in [0, 0.1) is 0 Å². The van der Waals surface area contributed by atoms with Gasteiger partial charge in [0.2, 0.25) is 15.9 Å². The van der Waals surface area contributed by atoms with Crippen molar-refractivity contribution < 1.29 is 13.2 Å². The molecule has 0 saturated carbocycles. The topological polar surface area (TPSA) is 101 Å². The first kappa shape index (κ1) is 19.1. The van der Waals surface area contributed by atoms with E-state index in [1.807, 2.05) is 37.3 Å². The van der Waals surface area contributed by atoms with E-state index in [0.717, 1.165) is 11.1 Å². The normalized spacial score (nSPS) is 15.2. The van der Waals surface area contributed by atoms with Gasteiger partial charge in [0, 0.05) is 0 Å². The number of sulfonamides is 1. The summed E-state index contributed by atoms with van der Waals surface area (Å²) in [4.78, 5) is 12.8. The minimum absolute atomic E-state index is 0.172. The average Bonchev–Trinajstić information content (AvgIpc) is 2.62. The van der Waals surface area contributed by atoms with Gasteiger partial charge in [-0.25, -0.2) is 13.1 Å². The van der Waals surface area contributed by atoms with Gasteiger partial charge in [-0.3, -0.25) is 4.79 Å². The number of nitrogens with two attached hydrogens (primary N) is 1. The van der Waals surface area contributed by atoms with Crippen LogP contribution in [0.3, 0.4) is 0 Å². The fourth-order valence-electron chi connectivity index (χ4n) is 2.40. The number of rotatable bonds is 6. The Bertz CT molecular complexity index is 832. The van der Waals surface area contributed by atoms with E-state index in [2.05, 4.69) is 10.0 Å². The van der Waals surface area contributed by atoms with Crippen molar-refractivity contribution in [2.75, 3.05) is 7.05 Å². The average molecular weight is 361 g/mol. The molecule has 0 spiro atoms. The van der Waals surface area contributed by atoms with E-state index in [-0.39, 0.29) is 16.8 Å². The quantitative estimate of drug-likeness (QED) is 0.728. The molecular weight excluding hydrogens is 338 g/mol. The van der Waals surface area contributed by atoms with Crippen LogP contribution in [0.5, 0.6) is 0 Å². The molecule has 25 heavy (non-hydrogen) atoms. The van der Waals surface area contributed by atoms with E-state index in [9.17, 15) is 13.2 Å². The van der Waals surface area contributed by atoms with Gasteiger partial charge in [-0.15, -0.1) is 0 Å². The summed E-state index contributed by atoms with van der Waals surface area (Å²) in [7, 11) is -2.12. The van der Waals surface area contributed by atoms with Gasteiger partial charge < -0.3 is 11.1 Å². The van der Waals surface area contributed by atoms with Gasteiger partial charge in [-0.05, 0) is 44.2 Å². The van der Waals surface area contributed by atoms with E-state index in [1.165, 1.54) is 19.2 Å². The Morgan fingerprint density at radius 1 is 1.08 bits per heavy atom. The predicted octanol–water partition coefficient (Wildman–Crippen LogP) is 1.65. The summed E-state index contributed by atoms with van der Waals surface area (Å²) in [5.41, 5.74) is 6.55. The lowest BCUT2D eigenvalue weighted by Crippen LogP contribution is -2.49. The van der Waals surface area contributed by atoms with Gasteiger partial charge in [0.05, 0.1) is 10.9 Å². The Kier molecular flexibility index (Phi) is 5.62. The van der Waals surface area contributed by atoms with E-state index >= 15 is 0 Å². The molecule has 2 atom stereocenters. The number of hydrogen-bond donors (Lipinski definition) is 3.